The van der Waals surface area contributed by atoms with Gasteiger partial charge in [0.25, 0.3) is 0 Å². The van der Waals surface area contributed by atoms with Gasteiger partial charge in [0.05, 0.1) is 18.1 Å². The molecule has 5 heteroatoms. The average molecular weight is 254 g/mol. The van der Waals surface area contributed by atoms with Crippen molar-refractivity contribution in [3.05, 3.63) is 18.2 Å². The van der Waals surface area contributed by atoms with Gasteiger partial charge in [0.2, 0.25) is 0 Å². The predicted octanol–water partition coefficient (Wildman–Crippen LogP) is 1.34. The van der Waals surface area contributed by atoms with Gasteiger partial charge in [-0.15, -0.1) is 0 Å². The van der Waals surface area contributed by atoms with E-state index in [0.29, 0.717) is 12.6 Å². The van der Waals surface area contributed by atoms with Crippen LogP contribution in [0.4, 0.5) is 0 Å². The largest absolute Gasteiger partial charge is 0.333 e. The first-order chi connectivity index (χ1) is 8.36. The smallest absolute Gasteiger partial charge is 0.0948 e. The maximum atomic E-state index is 5.97. The molecule has 17 heavy (non-hydrogen) atoms. The molecule has 2 heterocycles. The van der Waals surface area contributed by atoms with E-state index in [1.54, 1.807) is 0 Å². The van der Waals surface area contributed by atoms with Gasteiger partial charge in [-0.25, -0.2) is 4.98 Å². The SMILES string of the molecule is CCCn1cncc1C(CN)N1CCSCC1. The van der Waals surface area contributed by atoms with Crippen LogP contribution in [0, 0.1) is 0 Å². The Morgan fingerprint density at radius 3 is 2.88 bits per heavy atom. The highest BCUT2D eigenvalue weighted by Gasteiger charge is 2.23. The fourth-order valence-corrected chi connectivity index (χ4v) is 3.31. The zero-order valence-electron chi connectivity index (χ0n) is 10.5. The summed E-state index contributed by atoms with van der Waals surface area (Å²) in [5.74, 6) is 2.44. The Hall–Kier alpha value is -0.520. The molecule has 1 atom stereocenters. The van der Waals surface area contributed by atoms with E-state index in [4.69, 9.17) is 5.73 Å². The van der Waals surface area contributed by atoms with E-state index in [1.807, 2.05) is 24.3 Å². The number of imidazole rings is 1. The lowest BCUT2D eigenvalue weighted by Gasteiger charge is -2.33. The maximum absolute atomic E-state index is 5.97. The van der Waals surface area contributed by atoms with E-state index < -0.39 is 0 Å². The van der Waals surface area contributed by atoms with Crippen LogP contribution < -0.4 is 5.73 Å². The zero-order valence-corrected chi connectivity index (χ0v) is 11.3. The van der Waals surface area contributed by atoms with E-state index in [0.717, 1.165) is 26.1 Å². The Bertz CT molecular complexity index is 333. The van der Waals surface area contributed by atoms with Gasteiger partial charge in [-0.2, -0.15) is 11.8 Å². The van der Waals surface area contributed by atoms with Crippen molar-refractivity contribution in [3.8, 4) is 0 Å². The van der Waals surface area contributed by atoms with Gasteiger partial charge in [-0.1, -0.05) is 6.92 Å². The quantitative estimate of drug-likeness (QED) is 0.861. The van der Waals surface area contributed by atoms with Crippen LogP contribution in [0.3, 0.4) is 0 Å². The summed E-state index contributed by atoms with van der Waals surface area (Å²) >= 11 is 2.03. The van der Waals surface area contributed by atoms with Crippen molar-refractivity contribution < 1.29 is 0 Å². The van der Waals surface area contributed by atoms with E-state index >= 15 is 0 Å². The third-order valence-electron chi connectivity index (χ3n) is 3.26. The fourth-order valence-electron chi connectivity index (χ4n) is 2.38. The van der Waals surface area contributed by atoms with Crippen molar-refractivity contribution in [1.82, 2.24) is 14.5 Å². The van der Waals surface area contributed by atoms with Crippen molar-refractivity contribution in [3.63, 3.8) is 0 Å². The van der Waals surface area contributed by atoms with Crippen molar-refractivity contribution in [2.75, 3.05) is 31.1 Å². The third-order valence-corrected chi connectivity index (χ3v) is 4.20. The molecule has 0 saturated carbocycles. The number of hydrogen-bond donors (Lipinski definition) is 1. The van der Waals surface area contributed by atoms with Crippen molar-refractivity contribution in [1.29, 1.82) is 0 Å². The molecule has 1 aliphatic rings. The molecule has 2 rings (SSSR count). The van der Waals surface area contributed by atoms with Crippen LogP contribution in [-0.4, -0.2) is 45.6 Å². The number of nitrogens with two attached hydrogens (primary N) is 1. The summed E-state index contributed by atoms with van der Waals surface area (Å²) in [5.41, 5.74) is 7.25. The van der Waals surface area contributed by atoms with E-state index in [2.05, 4.69) is 21.4 Å². The molecule has 0 bridgehead atoms. The summed E-state index contributed by atoms with van der Waals surface area (Å²) in [6, 6.07) is 0.338. The molecule has 1 saturated heterocycles. The minimum atomic E-state index is 0.338. The molecule has 1 unspecified atom stereocenters. The molecule has 0 aromatic carbocycles. The van der Waals surface area contributed by atoms with Gasteiger partial charge >= 0.3 is 0 Å². The highest BCUT2D eigenvalue weighted by atomic mass is 32.2. The number of nitrogens with zero attached hydrogens (tertiary/aromatic N) is 3. The van der Waals surface area contributed by atoms with Crippen LogP contribution in [0.25, 0.3) is 0 Å². The Labute approximate surface area is 108 Å². The van der Waals surface area contributed by atoms with Crippen LogP contribution in [0.1, 0.15) is 25.1 Å². The minimum absolute atomic E-state index is 0.338. The lowest BCUT2D eigenvalue weighted by atomic mass is 10.1. The number of rotatable bonds is 5. The molecule has 4 nitrogen and oxygen atoms in total. The van der Waals surface area contributed by atoms with Crippen molar-refractivity contribution >= 4 is 11.8 Å². The molecule has 0 spiro atoms. The van der Waals surface area contributed by atoms with Gasteiger partial charge in [-0.05, 0) is 6.42 Å². The zero-order chi connectivity index (χ0) is 12.1. The molecule has 0 aliphatic carbocycles. The fraction of sp³-hybridized carbons (Fsp3) is 0.750. The first-order valence-corrected chi connectivity index (χ1v) is 7.54. The Morgan fingerprint density at radius 2 is 2.24 bits per heavy atom. The van der Waals surface area contributed by atoms with E-state index in [-0.39, 0.29) is 0 Å². The maximum Gasteiger partial charge on any atom is 0.0948 e. The van der Waals surface area contributed by atoms with Crippen LogP contribution in [-0.2, 0) is 6.54 Å². The highest BCUT2D eigenvalue weighted by molar-refractivity contribution is 7.99. The summed E-state index contributed by atoms with van der Waals surface area (Å²) in [4.78, 5) is 6.78. The molecule has 1 aromatic heterocycles. The predicted molar refractivity (Wildman–Crippen MR) is 73.2 cm³/mol. The molecule has 2 N–H and O–H groups in total. The van der Waals surface area contributed by atoms with E-state index in [1.165, 1.54) is 17.2 Å². The molecule has 96 valence electrons. The van der Waals surface area contributed by atoms with Crippen molar-refractivity contribution in [2.24, 2.45) is 5.73 Å². The second-order valence-corrected chi connectivity index (χ2v) is 5.64. The molecular formula is C12H22N4S. The van der Waals surface area contributed by atoms with Gasteiger partial charge < -0.3 is 10.3 Å². The standard InChI is InChI=1S/C12H22N4S/c1-2-3-16-10-14-9-12(16)11(8-13)15-4-6-17-7-5-15/h9-11H,2-8,13H2,1H3. The second kappa shape index (κ2) is 6.42. The van der Waals surface area contributed by atoms with Gasteiger partial charge in [0.1, 0.15) is 0 Å². The molecule has 1 fully saturated rings. The summed E-state index contributed by atoms with van der Waals surface area (Å²) in [5, 5.41) is 0. The second-order valence-electron chi connectivity index (χ2n) is 4.41. The summed E-state index contributed by atoms with van der Waals surface area (Å²) in [7, 11) is 0. The van der Waals surface area contributed by atoms with Crippen molar-refractivity contribution in [2.45, 2.75) is 25.9 Å². The van der Waals surface area contributed by atoms with Crippen LogP contribution >= 0.6 is 11.8 Å². The average Bonchev–Trinajstić information content (AvgIpc) is 2.81. The Kier molecular flexibility index (Phi) is 4.88. The highest BCUT2D eigenvalue weighted by Crippen LogP contribution is 2.23. The third kappa shape index (κ3) is 3.03. The molecular weight excluding hydrogens is 232 g/mol. The summed E-state index contributed by atoms with van der Waals surface area (Å²) in [6.45, 7) is 6.20. The van der Waals surface area contributed by atoms with Gasteiger partial charge in [0, 0.05) is 43.9 Å². The van der Waals surface area contributed by atoms with Gasteiger partial charge in [0.15, 0.2) is 0 Å². The van der Waals surface area contributed by atoms with Crippen LogP contribution in [0.15, 0.2) is 12.5 Å². The summed E-state index contributed by atoms with van der Waals surface area (Å²) in [6.07, 6.45) is 5.05. The molecule has 0 amide bonds. The molecule has 0 radical (unpaired) electrons. The van der Waals surface area contributed by atoms with E-state index in [9.17, 15) is 0 Å². The summed E-state index contributed by atoms with van der Waals surface area (Å²) < 4.78 is 2.25. The lowest BCUT2D eigenvalue weighted by molar-refractivity contribution is 0.214. The number of thioether (sulfide) groups is 1. The topological polar surface area (TPSA) is 47.1 Å². The van der Waals surface area contributed by atoms with Crippen LogP contribution in [0.5, 0.6) is 0 Å². The minimum Gasteiger partial charge on any atom is -0.333 e. The number of hydrogen-bond acceptors (Lipinski definition) is 4. The number of aromatic nitrogens is 2. The molecule has 1 aliphatic heterocycles. The Morgan fingerprint density at radius 1 is 1.47 bits per heavy atom. The Balaban J connectivity index is 2.12. The lowest BCUT2D eigenvalue weighted by Crippen LogP contribution is -2.40. The number of aryl methyl sites for hydroxylation is 1. The molecule has 1 aromatic rings. The first-order valence-electron chi connectivity index (χ1n) is 6.38. The monoisotopic (exact) mass is 254 g/mol. The van der Waals surface area contributed by atoms with Crippen LogP contribution in [0.2, 0.25) is 0 Å². The van der Waals surface area contributed by atoms with Gasteiger partial charge in [-0.3, -0.25) is 4.90 Å². The first kappa shape index (κ1) is 12.9. The normalized spacial score (nSPS) is 19.4.